The molecule has 30 heavy (non-hydrogen) atoms. The molecule has 0 atom stereocenters. The molecule has 0 bridgehead atoms. The molecule has 0 unspecified atom stereocenters. The summed E-state index contributed by atoms with van der Waals surface area (Å²) in [7, 11) is 0. The van der Waals surface area contributed by atoms with Gasteiger partial charge in [-0.2, -0.15) is 0 Å². The Bertz CT molecular complexity index is 1320. The zero-order valence-electron chi connectivity index (χ0n) is 15.7. The van der Waals surface area contributed by atoms with E-state index in [1.54, 1.807) is 54.9 Å². The highest BCUT2D eigenvalue weighted by Crippen LogP contribution is 2.40. The van der Waals surface area contributed by atoms with E-state index in [1.807, 2.05) is 0 Å². The van der Waals surface area contributed by atoms with Crippen LogP contribution in [0.5, 0.6) is 5.75 Å². The fourth-order valence-corrected chi connectivity index (χ4v) is 3.88. The Balaban J connectivity index is 1.74. The summed E-state index contributed by atoms with van der Waals surface area (Å²) in [6.45, 7) is 0.124. The average Bonchev–Trinajstić information content (AvgIpc) is 2.98. The van der Waals surface area contributed by atoms with Crippen LogP contribution >= 0.6 is 0 Å². The lowest BCUT2D eigenvalue weighted by atomic mass is 9.90. The van der Waals surface area contributed by atoms with E-state index in [1.165, 1.54) is 23.1 Å². The summed E-state index contributed by atoms with van der Waals surface area (Å²) in [5.41, 5.74) is 2.44. The lowest BCUT2D eigenvalue weighted by Crippen LogP contribution is -2.29. The minimum atomic E-state index is -0.420. The Kier molecular flexibility index (Phi) is 4.06. The van der Waals surface area contributed by atoms with Crippen LogP contribution in [-0.4, -0.2) is 26.8 Å². The summed E-state index contributed by atoms with van der Waals surface area (Å²) < 4.78 is 13.5. The Morgan fingerprint density at radius 3 is 2.33 bits per heavy atom. The topological polar surface area (TPSA) is 70.5 Å². The van der Waals surface area contributed by atoms with Gasteiger partial charge in [-0.15, -0.1) is 0 Å². The molecule has 2 amide bonds. The first kappa shape index (κ1) is 18.0. The molecular weight excluding hydrogens is 383 g/mol. The number of nitrogens with zero attached hydrogens (tertiary/aromatic N) is 2. The van der Waals surface area contributed by atoms with Gasteiger partial charge in [0.25, 0.3) is 11.8 Å². The highest BCUT2D eigenvalue weighted by atomic mass is 19.1. The number of carbonyl (C=O) groups excluding carboxylic acids is 2. The zero-order chi connectivity index (χ0) is 20.8. The van der Waals surface area contributed by atoms with Crippen LogP contribution < -0.4 is 0 Å². The average molecular weight is 398 g/mol. The van der Waals surface area contributed by atoms with Gasteiger partial charge < -0.3 is 5.11 Å². The van der Waals surface area contributed by atoms with Gasteiger partial charge in [0, 0.05) is 18.0 Å². The van der Waals surface area contributed by atoms with Crippen LogP contribution in [0.3, 0.4) is 0 Å². The molecule has 1 N–H and O–H groups in total. The van der Waals surface area contributed by atoms with Gasteiger partial charge in [0.1, 0.15) is 11.6 Å². The Hall–Kier alpha value is -4.06. The summed E-state index contributed by atoms with van der Waals surface area (Å²) in [5.74, 6) is -1.17. The summed E-state index contributed by atoms with van der Waals surface area (Å²) >= 11 is 0. The van der Waals surface area contributed by atoms with Crippen LogP contribution in [0, 0.1) is 5.82 Å². The smallest absolute Gasteiger partial charge is 0.262 e. The molecule has 0 aliphatic carbocycles. The van der Waals surface area contributed by atoms with Crippen molar-refractivity contribution < 1.29 is 19.1 Å². The van der Waals surface area contributed by atoms with Crippen LogP contribution in [0.2, 0.25) is 0 Å². The molecular formula is C24H15FN2O3. The highest BCUT2D eigenvalue weighted by Gasteiger charge is 2.38. The van der Waals surface area contributed by atoms with Crippen molar-refractivity contribution in [3.05, 3.63) is 95.6 Å². The number of pyridine rings is 1. The van der Waals surface area contributed by atoms with Crippen LogP contribution in [0.4, 0.5) is 4.39 Å². The molecule has 5 rings (SSSR count). The maximum atomic E-state index is 13.5. The number of carbonyl (C=O) groups is 2. The van der Waals surface area contributed by atoms with E-state index in [0.717, 1.165) is 5.56 Å². The predicted octanol–water partition coefficient (Wildman–Crippen LogP) is 4.54. The molecule has 4 aromatic rings. The minimum absolute atomic E-state index is 0.0382. The largest absolute Gasteiger partial charge is 0.508 e. The molecule has 0 saturated carbocycles. The fraction of sp³-hybridized carbons (Fsp3) is 0.0417. The minimum Gasteiger partial charge on any atom is -0.508 e. The fourth-order valence-electron chi connectivity index (χ4n) is 3.88. The monoisotopic (exact) mass is 398 g/mol. The van der Waals surface area contributed by atoms with E-state index in [0.29, 0.717) is 27.5 Å². The van der Waals surface area contributed by atoms with E-state index in [4.69, 9.17) is 0 Å². The van der Waals surface area contributed by atoms with E-state index >= 15 is 0 Å². The molecule has 1 aliphatic heterocycles. The SMILES string of the molecule is O=C1c2cc3ccc(O)cc3c(-c3ccc(F)cc3)c2C(=O)N1Cc1ccncc1. The number of halogens is 1. The number of aromatic hydroxyl groups is 1. The molecule has 1 aliphatic rings. The number of benzene rings is 3. The van der Waals surface area contributed by atoms with Gasteiger partial charge in [-0.05, 0) is 64.4 Å². The summed E-state index contributed by atoms with van der Waals surface area (Å²) in [6.07, 6.45) is 3.21. The molecule has 146 valence electrons. The molecule has 6 heteroatoms. The van der Waals surface area contributed by atoms with Crippen LogP contribution in [-0.2, 0) is 6.54 Å². The quantitative estimate of drug-likeness (QED) is 0.514. The number of phenolic OH excluding ortho intramolecular Hbond substituents is 1. The molecule has 1 aromatic heterocycles. The Morgan fingerprint density at radius 1 is 0.867 bits per heavy atom. The maximum Gasteiger partial charge on any atom is 0.262 e. The molecule has 5 nitrogen and oxygen atoms in total. The molecule has 3 aromatic carbocycles. The molecule has 0 saturated heterocycles. The van der Waals surface area contributed by atoms with E-state index in [2.05, 4.69) is 4.98 Å². The first-order valence-corrected chi connectivity index (χ1v) is 9.33. The van der Waals surface area contributed by atoms with E-state index in [-0.39, 0.29) is 23.8 Å². The number of rotatable bonds is 3. The molecule has 0 fully saturated rings. The normalized spacial score (nSPS) is 13.2. The summed E-state index contributed by atoms with van der Waals surface area (Å²) in [4.78, 5) is 31.7. The highest BCUT2D eigenvalue weighted by molar-refractivity contribution is 6.27. The maximum absolute atomic E-state index is 13.5. The third-order valence-electron chi connectivity index (χ3n) is 5.28. The van der Waals surface area contributed by atoms with Crippen molar-refractivity contribution in [1.29, 1.82) is 0 Å². The lowest BCUT2D eigenvalue weighted by Gasteiger charge is -2.14. The van der Waals surface area contributed by atoms with Crippen LogP contribution in [0.25, 0.3) is 21.9 Å². The van der Waals surface area contributed by atoms with Gasteiger partial charge >= 0.3 is 0 Å². The summed E-state index contributed by atoms with van der Waals surface area (Å²) in [5, 5.41) is 11.4. The van der Waals surface area contributed by atoms with Gasteiger partial charge in [0.15, 0.2) is 0 Å². The van der Waals surface area contributed by atoms with Gasteiger partial charge in [0.2, 0.25) is 0 Å². The van der Waals surface area contributed by atoms with Crippen molar-refractivity contribution >= 4 is 22.6 Å². The van der Waals surface area contributed by atoms with Gasteiger partial charge in [-0.3, -0.25) is 19.5 Å². The first-order chi connectivity index (χ1) is 14.5. The number of amides is 2. The van der Waals surface area contributed by atoms with Gasteiger partial charge in [-0.1, -0.05) is 18.2 Å². The van der Waals surface area contributed by atoms with Crippen molar-refractivity contribution in [3.63, 3.8) is 0 Å². The third-order valence-corrected chi connectivity index (χ3v) is 5.28. The summed E-state index contributed by atoms with van der Waals surface area (Å²) in [6, 6.07) is 15.7. The second kappa shape index (κ2) is 6.77. The molecule has 0 spiro atoms. The standard InChI is InChI=1S/C24H15FN2O3/c25-17-4-1-15(2-5-17)21-19-12-18(28)6-3-16(19)11-20-22(21)24(30)27(23(20)29)13-14-7-9-26-10-8-14/h1-12,28H,13H2. The molecule has 0 radical (unpaired) electrons. The van der Waals surface area contributed by atoms with Crippen molar-refractivity contribution in [2.75, 3.05) is 0 Å². The number of phenols is 1. The van der Waals surface area contributed by atoms with E-state index < -0.39 is 11.7 Å². The predicted molar refractivity (Wildman–Crippen MR) is 109 cm³/mol. The number of imide groups is 1. The van der Waals surface area contributed by atoms with Gasteiger partial charge in [0.05, 0.1) is 17.7 Å². The Morgan fingerprint density at radius 2 is 1.60 bits per heavy atom. The number of aromatic nitrogens is 1. The number of hydrogen-bond donors (Lipinski definition) is 1. The van der Waals surface area contributed by atoms with Gasteiger partial charge in [-0.25, -0.2) is 4.39 Å². The third kappa shape index (κ3) is 2.81. The number of hydrogen-bond acceptors (Lipinski definition) is 4. The van der Waals surface area contributed by atoms with Crippen LogP contribution in [0.15, 0.2) is 73.1 Å². The zero-order valence-corrected chi connectivity index (χ0v) is 15.7. The van der Waals surface area contributed by atoms with Crippen molar-refractivity contribution in [3.8, 4) is 16.9 Å². The van der Waals surface area contributed by atoms with Crippen molar-refractivity contribution in [1.82, 2.24) is 9.88 Å². The molecule has 2 heterocycles. The van der Waals surface area contributed by atoms with Crippen molar-refractivity contribution in [2.45, 2.75) is 6.54 Å². The van der Waals surface area contributed by atoms with Crippen LogP contribution in [0.1, 0.15) is 26.3 Å². The second-order valence-electron chi connectivity index (χ2n) is 7.14. The Labute approximate surface area is 171 Å². The van der Waals surface area contributed by atoms with Crippen molar-refractivity contribution in [2.24, 2.45) is 0 Å². The number of fused-ring (bicyclic) bond motifs is 2. The second-order valence-corrected chi connectivity index (χ2v) is 7.14. The first-order valence-electron chi connectivity index (χ1n) is 9.33. The lowest BCUT2D eigenvalue weighted by molar-refractivity contribution is 0.0642. The van der Waals surface area contributed by atoms with E-state index in [9.17, 15) is 19.1 Å².